The van der Waals surface area contributed by atoms with Crippen LogP contribution in [0, 0.1) is 27.7 Å². The lowest BCUT2D eigenvalue weighted by atomic mass is 9.94. The molecule has 23 heavy (non-hydrogen) atoms. The molecule has 2 nitrogen and oxygen atoms in total. The molecule has 0 fully saturated rings. The maximum atomic E-state index is 13.3. The number of benzene rings is 2. The van der Waals surface area contributed by atoms with Gasteiger partial charge in [-0.1, -0.05) is 18.2 Å². The zero-order valence-electron chi connectivity index (χ0n) is 13.2. The summed E-state index contributed by atoms with van der Waals surface area (Å²) in [6.07, 6.45) is -4.52. The molecular weight excluding hydrogens is 325 g/mol. The van der Waals surface area contributed by atoms with Gasteiger partial charge in [0.15, 0.2) is 0 Å². The van der Waals surface area contributed by atoms with Crippen molar-refractivity contribution in [2.75, 3.05) is 0 Å². The molecule has 0 atom stereocenters. The van der Waals surface area contributed by atoms with Crippen LogP contribution in [-0.4, -0.2) is 8.42 Å². The van der Waals surface area contributed by atoms with Gasteiger partial charge in [0, 0.05) is 0 Å². The molecule has 6 heteroatoms. The molecule has 0 bridgehead atoms. The van der Waals surface area contributed by atoms with E-state index < -0.39 is 21.6 Å². The summed E-state index contributed by atoms with van der Waals surface area (Å²) >= 11 is 0. The van der Waals surface area contributed by atoms with E-state index in [-0.39, 0.29) is 32.0 Å². The molecule has 0 spiro atoms. The van der Waals surface area contributed by atoms with Crippen molar-refractivity contribution < 1.29 is 21.6 Å². The minimum atomic E-state index is -4.52. The molecular formula is C17H17F3O2S. The molecule has 2 aromatic rings. The number of hydrogen-bond acceptors (Lipinski definition) is 2. The summed E-state index contributed by atoms with van der Waals surface area (Å²) < 4.78 is 65.5. The minimum absolute atomic E-state index is 0.0355. The van der Waals surface area contributed by atoms with Crippen LogP contribution in [0.1, 0.15) is 27.8 Å². The average Bonchev–Trinajstić information content (AvgIpc) is 2.45. The Morgan fingerprint density at radius 2 is 1.22 bits per heavy atom. The van der Waals surface area contributed by atoms with Crippen molar-refractivity contribution in [1.29, 1.82) is 0 Å². The van der Waals surface area contributed by atoms with Crippen LogP contribution in [0.15, 0.2) is 40.1 Å². The SMILES string of the molecule is Cc1c(C)c(S(=O)(=O)c2ccccc2)c(C)c(C)c1C(F)(F)F. The van der Waals surface area contributed by atoms with Gasteiger partial charge in [-0.05, 0) is 62.1 Å². The van der Waals surface area contributed by atoms with Crippen LogP contribution in [0.4, 0.5) is 13.2 Å². The predicted molar refractivity (Wildman–Crippen MR) is 82.3 cm³/mol. The van der Waals surface area contributed by atoms with Gasteiger partial charge in [0.1, 0.15) is 0 Å². The standard InChI is InChI=1S/C17H17F3O2S/c1-10-12(3)16(13(4)11(2)15(10)17(18,19)20)23(21,22)14-8-6-5-7-9-14/h5-9H,1-4H3. The van der Waals surface area contributed by atoms with Crippen molar-refractivity contribution in [3.63, 3.8) is 0 Å². The number of alkyl halides is 3. The smallest absolute Gasteiger partial charge is 0.218 e. The molecule has 124 valence electrons. The summed E-state index contributed by atoms with van der Waals surface area (Å²) in [5.74, 6) is 0. The van der Waals surface area contributed by atoms with E-state index in [1.165, 1.54) is 39.8 Å². The fraction of sp³-hybridized carbons (Fsp3) is 0.294. The van der Waals surface area contributed by atoms with E-state index in [1.54, 1.807) is 18.2 Å². The van der Waals surface area contributed by atoms with Gasteiger partial charge in [0.25, 0.3) is 0 Å². The van der Waals surface area contributed by atoms with Crippen LogP contribution < -0.4 is 0 Å². The molecule has 0 heterocycles. The lowest BCUT2D eigenvalue weighted by molar-refractivity contribution is -0.138. The molecule has 0 saturated heterocycles. The Kier molecular flexibility index (Phi) is 4.32. The second-order valence-corrected chi connectivity index (χ2v) is 7.40. The molecule has 0 aliphatic rings. The summed E-state index contributed by atoms with van der Waals surface area (Å²) in [6, 6.07) is 7.73. The van der Waals surface area contributed by atoms with Crippen molar-refractivity contribution >= 4 is 9.84 Å². The molecule has 0 aromatic heterocycles. The molecule has 2 rings (SSSR count). The van der Waals surface area contributed by atoms with E-state index in [0.717, 1.165) is 0 Å². The molecule has 0 saturated carbocycles. The highest BCUT2D eigenvalue weighted by atomic mass is 32.2. The highest BCUT2D eigenvalue weighted by Gasteiger charge is 2.38. The number of hydrogen-bond donors (Lipinski definition) is 0. The Balaban J connectivity index is 2.87. The molecule has 2 aromatic carbocycles. The maximum absolute atomic E-state index is 13.3. The van der Waals surface area contributed by atoms with E-state index in [9.17, 15) is 21.6 Å². The van der Waals surface area contributed by atoms with Crippen molar-refractivity contribution in [1.82, 2.24) is 0 Å². The topological polar surface area (TPSA) is 34.1 Å². The van der Waals surface area contributed by atoms with Gasteiger partial charge in [-0.3, -0.25) is 0 Å². The first-order valence-corrected chi connectivity index (χ1v) is 8.45. The van der Waals surface area contributed by atoms with Gasteiger partial charge in [0.2, 0.25) is 9.84 Å². The van der Waals surface area contributed by atoms with Crippen LogP contribution in [0.2, 0.25) is 0 Å². The fourth-order valence-electron chi connectivity index (χ4n) is 2.82. The maximum Gasteiger partial charge on any atom is 0.416 e. The molecule has 0 N–H and O–H groups in total. The van der Waals surface area contributed by atoms with E-state index in [1.807, 2.05) is 0 Å². The van der Waals surface area contributed by atoms with Crippen molar-refractivity contribution in [2.24, 2.45) is 0 Å². The Hall–Kier alpha value is -1.82. The largest absolute Gasteiger partial charge is 0.416 e. The molecule has 0 amide bonds. The monoisotopic (exact) mass is 342 g/mol. The third-order valence-electron chi connectivity index (χ3n) is 4.16. The summed E-state index contributed by atoms with van der Waals surface area (Å²) in [6.45, 7) is 5.48. The van der Waals surface area contributed by atoms with Crippen molar-refractivity contribution in [3.8, 4) is 0 Å². The van der Waals surface area contributed by atoms with Crippen LogP contribution in [-0.2, 0) is 16.0 Å². The second kappa shape index (κ2) is 5.67. The summed E-state index contributed by atoms with van der Waals surface area (Å²) in [7, 11) is -3.87. The van der Waals surface area contributed by atoms with Gasteiger partial charge in [-0.2, -0.15) is 13.2 Å². The van der Waals surface area contributed by atoms with Gasteiger partial charge < -0.3 is 0 Å². The predicted octanol–water partition coefficient (Wildman–Crippen LogP) is 4.77. The fourth-order valence-corrected chi connectivity index (χ4v) is 4.69. The average molecular weight is 342 g/mol. The quantitative estimate of drug-likeness (QED) is 0.788. The van der Waals surface area contributed by atoms with Crippen LogP contribution in [0.5, 0.6) is 0 Å². The highest BCUT2D eigenvalue weighted by molar-refractivity contribution is 7.91. The molecule has 0 aliphatic heterocycles. The summed E-state index contributed by atoms with van der Waals surface area (Å²) in [4.78, 5) is 0.0384. The number of rotatable bonds is 2. The van der Waals surface area contributed by atoms with Crippen LogP contribution in [0.25, 0.3) is 0 Å². The lowest BCUT2D eigenvalue weighted by Gasteiger charge is -2.22. The summed E-state index contributed by atoms with van der Waals surface area (Å²) in [5, 5.41) is 0. The van der Waals surface area contributed by atoms with Gasteiger partial charge in [0.05, 0.1) is 15.4 Å². The van der Waals surface area contributed by atoms with E-state index >= 15 is 0 Å². The summed E-state index contributed by atoms with van der Waals surface area (Å²) in [5.41, 5.74) is -0.557. The lowest BCUT2D eigenvalue weighted by Crippen LogP contribution is -2.16. The number of sulfone groups is 1. The Labute approximate surface area is 133 Å². The number of halogens is 3. The Morgan fingerprint density at radius 3 is 1.61 bits per heavy atom. The van der Waals surface area contributed by atoms with Gasteiger partial charge >= 0.3 is 6.18 Å². The zero-order valence-corrected chi connectivity index (χ0v) is 14.1. The second-order valence-electron chi connectivity index (χ2n) is 5.52. The Bertz CT molecular complexity index is 823. The normalized spacial score (nSPS) is 12.5. The molecule has 0 radical (unpaired) electrons. The first-order chi connectivity index (χ1) is 10.5. The van der Waals surface area contributed by atoms with Crippen LogP contribution in [0.3, 0.4) is 0 Å². The van der Waals surface area contributed by atoms with E-state index in [4.69, 9.17) is 0 Å². The van der Waals surface area contributed by atoms with Crippen molar-refractivity contribution in [2.45, 2.75) is 43.7 Å². The van der Waals surface area contributed by atoms with Crippen LogP contribution >= 0.6 is 0 Å². The Morgan fingerprint density at radius 1 is 0.783 bits per heavy atom. The first kappa shape index (κ1) is 17.5. The third-order valence-corrected chi connectivity index (χ3v) is 6.20. The zero-order chi connectivity index (χ0) is 17.6. The van der Waals surface area contributed by atoms with E-state index in [0.29, 0.717) is 0 Å². The molecule has 0 aliphatic carbocycles. The highest BCUT2D eigenvalue weighted by Crippen LogP contribution is 2.41. The van der Waals surface area contributed by atoms with Gasteiger partial charge in [-0.15, -0.1) is 0 Å². The van der Waals surface area contributed by atoms with E-state index in [2.05, 4.69) is 0 Å². The molecule has 0 unspecified atom stereocenters. The van der Waals surface area contributed by atoms with Gasteiger partial charge in [-0.25, -0.2) is 8.42 Å². The first-order valence-electron chi connectivity index (χ1n) is 6.97. The minimum Gasteiger partial charge on any atom is -0.218 e. The van der Waals surface area contributed by atoms with Crippen molar-refractivity contribution in [3.05, 3.63) is 58.1 Å². The third kappa shape index (κ3) is 2.87.